The summed E-state index contributed by atoms with van der Waals surface area (Å²) in [5, 5.41) is 0. The van der Waals surface area contributed by atoms with Crippen LogP contribution in [0.4, 0.5) is 20.5 Å². The molecule has 7 rings (SSSR count). The van der Waals surface area contributed by atoms with E-state index in [1.54, 1.807) is 0 Å². The number of ether oxygens (including phenoxy) is 2. The number of alkyl halides is 2. The number of fused-ring (bicyclic) bond motifs is 4. The molecule has 3 saturated heterocycles. The SMILES string of the molecule is [B]P1(=O)OC[C@H]2O[C@@H](n3cnc4c(=O)[nH]c(N)nc43)C(F)[C@H]2OP(O)(=S)OC[C@H]2O[C@@H](n3cnc4c(N)ncnc43)[C@@H](F)C2O1. The molecule has 19 nitrogen and oxygen atoms in total. The van der Waals surface area contributed by atoms with Crippen molar-refractivity contribution in [2.75, 3.05) is 24.7 Å². The predicted octanol–water partition coefficient (Wildman–Crippen LogP) is -0.0945. The maximum Gasteiger partial charge on any atom is 0.325 e. The number of nitrogens with one attached hydrogen (secondary N) is 1. The third-order valence-corrected chi connectivity index (χ3v) is 9.87. The highest BCUT2D eigenvalue weighted by Gasteiger charge is 2.53. The number of aromatic nitrogens is 8. The first-order valence-electron chi connectivity index (χ1n) is 12.9. The molecule has 7 heterocycles. The van der Waals surface area contributed by atoms with Crippen molar-refractivity contribution >= 4 is 67.7 Å². The van der Waals surface area contributed by atoms with Crippen LogP contribution in [0, 0.1) is 0 Å². The quantitative estimate of drug-likeness (QED) is 0.159. The van der Waals surface area contributed by atoms with Gasteiger partial charge in [-0.3, -0.25) is 28.0 Å². The Labute approximate surface area is 255 Å². The molecule has 4 unspecified atom stereocenters. The van der Waals surface area contributed by atoms with E-state index in [1.165, 1.54) is 10.9 Å². The van der Waals surface area contributed by atoms with Crippen molar-refractivity contribution < 1.29 is 45.8 Å². The Hall–Kier alpha value is -2.98. The van der Waals surface area contributed by atoms with Crippen LogP contribution in [-0.2, 0) is 43.9 Å². The number of imidazole rings is 2. The molecule has 0 spiro atoms. The Morgan fingerprint density at radius 2 is 1.56 bits per heavy atom. The number of aromatic amines is 1. The standard InChI is InChI=1S/C20H21BF2N10O9P2S/c21-43(35)37-1-6-13(9(23)19(39-6)33-5-29-11-16(33)30-20(25)31-17(11)34)42-44(36,45)38-2-7-12(41-43)8(22)18(40-7)32-4-28-10-14(24)26-3-27-15(10)32/h3-9,12-13,18-19H,1-2H2,(H,36,45)(H2,24,26,27)(H3,25,30,31,34)/t6-,7-,8+,9?,12?,13+,18-,19-,43?,44?/m1/s1. The van der Waals surface area contributed by atoms with Crippen molar-refractivity contribution in [2.45, 2.75) is 49.2 Å². The molecule has 4 aromatic heterocycles. The molecule has 6 N–H and O–H groups in total. The van der Waals surface area contributed by atoms with Gasteiger partial charge in [-0.1, -0.05) is 0 Å². The number of hydrogen-bond donors (Lipinski definition) is 4. The van der Waals surface area contributed by atoms with E-state index in [1.807, 2.05) is 0 Å². The maximum atomic E-state index is 16.0. The molecule has 0 saturated carbocycles. The molecular formula is C20H21BF2N10O9P2S. The molecule has 4 aromatic rings. The van der Waals surface area contributed by atoms with Gasteiger partial charge in [-0.25, -0.2) is 28.7 Å². The molecule has 238 valence electrons. The Morgan fingerprint density at radius 3 is 2.24 bits per heavy atom. The van der Waals surface area contributed by atoms with Gasteiger partial charge >= 0.3 is 6.72 Å². The summed E-state index contributed by atoms with van der Waals surface area (Å²) in [5.74, 6) is -0.235. The summed E-state index contributed by atoms with van der Waals surface area (Å²) in [7, 11) is 1.20. The largest absolute Gasteiger partial charge is 0.382 e. The molecule has 10 atom stereocenters. The number of hydrogen-bond acceptors (Lipinski definition) is 16. The average Bonchev–Trinajstić information content (AvgIpc) is 3.72. The number of nitrogens with two attached hydrogens (primary N) is 2. The maximum absolute atomic E-state index is 16.0. The summed E-state index contributed by atoms with van der Waals surface area (Å²) in [6, 6.07) is 0. The van der Waals surface area contributed by atoms with E-state index < -0.39 is 82.2 Å². The van der Waals surface area contributed by atoms with Crippen molar-refractivity contribution in [3.63, 3.8) is 0 Å². The van der Waals surface area contributed by atoms with E-state index in [4.69, 9.17) is 58.4 Å². The summed E-state index contributed by atoms with van der Waals surface area (Å²) in [6.45, 7) is -5.72. The van der Waals surface area contributed by atoms with E-state index in [0.29, 0.717) is 0 Å². The van der Waals surface area contributed by atoms with E-state index in [2.05, 4.69) is 29.9 Å². The lowest BCUT2D eigenvalue weighted by atomic mass is 10.1. The molecule has 0 aliphatic carbocycles. The molecule has 0 bridgehead atoms. The van der Waals surface area contributed by atoms with Gasteiger partial charge < -0.3 is 39.4 Å². The zero-order valence-electron chi connectivity index (χ0n) is 22.4. The van der Waals surface area contributed by atoms with Crippen LogP contribution >= 0.6 is 14.2 Å². The Morgan fingerprint density at radius 1 is 0.956 bits per heavy atom. The van der Waals surface area contributed by atoms with E-state index >= 15 is 8.78 Å². The molecule has 0 aromatic carbocycles. The zero-order chi connectivity index (χ0) is 31.8. The number of anilines is 2. The number of rotatable bonds is 2. The Kier molecular flexibility index (Phi) is 7.55. The highest BCUT2D eigenvalue weighted by atomic mass is 32.5. The monoisotopic (exact) mass is 688 g/mol. The fourth-order valence-electron chi connectivity index (χ4n) is 5.27. The minimum atomic E-state index is -4.62. The zero-order valence-corrected chi connectivity index (χ0v) is 25.0. The lowest BCUT2D eigenvalue weighted by molar-refractivity contribution is -0.0566. The van der Waals surface area contributed by atoms with Gasteiger partial charge in [0.2, 0.25) is 13.5 Å². The molecular weight excluding hydrogens is 667 g/mol. The van der Waals surface area contributed by atoms with Gasteiger partial charge in [-0.05, 0) is 11.8 Å². The topological polar surface area (TPSA) is 252 Å². The minimum Gasteiger partial charge on any atom is -0.382 e. The summed E-state index contributed by atoms with van der Waals surface area (Å²) in [4.78, 5) is 45.3. The molecule has 2 radical (unpaired) electrons. The van der Waals surface area contributed by atoms with Crippen LogP contribution in [-0.4, -0.2) is 101 Å². The van der Waals surface area contributed by atoms with Crippen molar-refractivity contribution in [3.8, 4) is 0 Å². The smallest absolute Gasteiger partial charge is 0.325 e. The summed E-state index contributed by atoms with van der Waals surface area (Å²) in [5.41, 5.74) is 10.8. The van der Waals surface area contributed by atoms with Crippen LogP contribution in [0.25, 0.3) is 22.3 Å². The number of nitrogen functional groups attached to an aromatic ring is 2. The van der Waals surface area contributed by atoms with E-state index in [0.717, 1.165) is 17.2 Å². The number of halogens is 2. The van der Waals surface area contributed by atoms with Crippen molar-refractivity contribution in [2.24, 2.45) is 0 Å². The van der Waals surface area contributed by atoms with E-state index in [9.17, 15) is 14.3 Å². The lowest BCUT2D eigenvalue weighted by Gasteiger charge is -2.29. The second-order valence-electron chi connectivity index (χ2n) is 10.1. The van der Waals surface area contributed by atoms with Crippen LogP contribution < -0.4 is 17.0 Å². The van der Waals surface area contributed by atoms with Crippen LogP contribution in [0.15, 0.2) is 23.8 Å². The highest BCUT2D eigenvalue weighted by molar-refractivity contribution is 8.07. The van der Waals surface area contributed by atoms with Gasteiger partial charge in [-0.2, -0.15) is 4.98 Å². The normalized spacial score (nSPS) is 37.7. The van der Waals surface area contributed by atoms with Gasteiger partial charge in [0.1, 0.15) is 36.3 Å². The molecule has 3 fully saturated rings. The molecule has 3 aliphatic heterocycles. The van der Waals surface area contributed by atoms with Crippen molar-refractivity contribution in [3.05, 3.63) is 29.3 Å². The first kappa shape index (κ1) is 30.7. The average molecular weight is 688 g/mol. The molecule has 45 heavy (non-hydrogen) atoms. The fourth-order valence-corrected chi connectivity index (χ4v) is 7.71. The van der Waals surface area contributed by atoms with Gasteiger partial charge in [0.15, 0.2) is 47.4 Å². The second kappa shape index (κ2) is 11.1. The fraction of sp³-hybridized carbons (Fsp3) is 0.500. The van der Waals surface area contributed by atoms with Gasteiger partial charge in [-0.15, -0.1) is 0 Å². The third kappa shape index (κ3) is 5.45. The lowest BCUT2D eigenvalue weighted by Crippen LogP contribution is -2.37. The Bertz CT molecular complexity index is 1950. The highest BCUT2D eigenvalue weighted by Crippen LogP contribution is 2.54. The van der Waals surface area contributed by atoms with Crippen LogP contribution in [0.5, 0.6) is 0 Å². The number of H-pyrrole nitrogens is 1. The third-order valence-electron chi connectivity index (χ3n) is 7.26. The van der Waals surface area contributed by atoms with Crippen LogP contribution in [0.2, 0.25) is 0 Å². The Balaban J connectivity index is 1.17. The van der Waals surface area contributed by atoms with Crippen LogP contribution in [0.1, 0.15) is 12.5 Å². The van der Waals surface area contributed by atoms with Crippen molar-refractivity contribution in [1.29, 1.82) is 0 Å². The predicted molar refractivity (Wildman–Crippen MR) is 151 cm³/mol. The number of nitrogens with zero attached hydrogens (tertiary/aromatic N) is 7. The summed E-state index contributed by atoms with van der Waals surface area (Å²) < 4.78 is 80.7. The minimum absolute atomic E-state index is 0.0349. The second-order valence-corrected chi connectivity index (χ2v) is 14.5. The van der Waals surface area contributed by atoms with Crippen LogP contribution in [0.3, 0.4) is 0 Å². The summed E-state index contributed by atoms with van der Waals surface area (Å²) >= 11 is 5.12. The van der Waals surface area contributed by atoms with Gasteiger partial charge in [0.05, 0.1) is 25.9 Å². The molecule has 3 aliphatic rings. The first-order valence-corrected chi connectivity index (χ1v) is 17.1. The summed E-state index contributed by atoms with van der Waals surface area (Å²) in [6.07, 6.45) is -9.99. The first-order chi connectivity index (χ1) is 21.3. The van der Waals surface area contributed by atoms with Gasteiger partial charge in [0, 0.05) is 0 Å². The van der Waals surface area contributed by atoms with Gasteiger partial charge in [0.25, 0.3) is 13.0 Å². The molecule has 0 amide bonds. The van der Waals surface area contributed by atoms with Crippen molar-refractivity contribution in [1.82, 2.24) is 39.0 Å². The molecule has 25 heteroatoms. The van der Waals surface area contributed by atoms with E-state index in [-0.39, 0.29) is 34.1 Å².